The van der Waals surface area contributed by atoms with Crippen molar-refractivity contribution < 1.29 is 9.53 Å². The monoisotopic (exact) mass is 317 g/mol. The summed E-state index contributed by atoms with van der Waals surface area (Å²) < 4.78 is 5.26. The summed E-state index contributed by atoms with van der Waals surface area (Å²) in [6, 6.07) is 14.6. The van der Waals surface area contributed by atoms with Crippen LogP contribution in [0.5, 0.6) is 0 Å². The summed E-state index contributed by atoms with van der Waals surface area (Å²) in [4.78, 5) is 13.2. The Kier molecular flexibility index (Phi) is 6.74. The van der Waals surface area contributed by atoms with E-state index in [0.29, 0.717) is 13.2 Å². The lowest BCUT2D eigenvalue weighted by atomic mass is 10.1. The van der Waals surface area contributed by atoms with Gasteiger partial charge in [-0.15, -0.1) is 11.8 Å². The zero-order valence-corrected chi connectivity index (χ0v) is 14.0. The molecule has 0 aliphatic rings. The fourth-order valence-corrected chi connectivity index (χ4v) is 3.11. The molecule has 22 heavy (non-hydrogen) atoms. The molecule has 0 saturated carbocycles. The van der Waals surface area contributed by atoms with Crippen LogP contribution in [0.4, 0.5) is 0 Å². The van der Waals surface area contributed by atoms with Gasteiger partial charge in [0.2, 0.25) is 5.91 Å². The lowest BCUT2D eigenvalue weighted by molar-refractivity contribution is -0.120. The number of fused-ring (bicyclic) bond motifs is 1. The summed E-state index contributed by atoms with van der Waals surface area (Å²) in [5.74, 6) is 0.0784. The van der Waals surface area contributed by atoms with Crippen molar-refractivity contribution >= 4 is 28.4 Å². The van der Waals surface area contributed by atoms with E-state index in [2.05, 4.69) is 35.6 Å². The van der Waals surface area contributed by atoms with E-state index >= 15 is 0 Å². The minimum atomic E-state index is -0.103. The Labute approximate surface area is 136 Å². The van der Waals surface area contributed by atoms with E-state index in [1.807, 2.05) is 26.0 Å². The van der Waals surface area contributed by atoms with Crippen molar-refractivity contribution in [1.29, 1.82) is 0 Å². The Balaban J connectivity index is 1.84. The molecule has 0 saturated heterocycles. The fourth-order valence-electron chi connectivity index (χ4n) is 2.17. The number of nitrogens with one attached hydrogen (secondary N) is 1. The van der Waals surface area contributed by atoms with Crippen molar-refractivity contribution in [2.24, 2.45) is 0 Å². The number of hydrogen-bond donors (Lipinski definition) is 1. The quantitative estimate of drug-likeness (QED) is 0.593. The number of hydrogen-bond acceptors (Lipinski definition) is 3. The third kappa shape index (κ3) is 5.04. The Morgan fingerprint density at radius 1 is 1.23 bits per heavy atom. The maximum atomic E-state index is 12.1. The van der Waals surface area contributed by atoms with E-state index in [0.717, 1.165) is 17.9 Å². The topological polar surface area (TPSA) is 38.3 Å². The third-order valence-electron chi connectivity index (χ3n) is 3.37. The highest BCUT2D eigenvalue weighted by atomic mass is 32.2. The molecular formula is C18H23NO2S. The number of rotatable bonds is 8. The fraction of sp³-hybridized carbons (Fsp3) is 0.389. The molecule has 0 radical (unpaired) electrons. The summed E-state index contributed by atoms with van der Waals surface area (Å²) in [6.45, 7) is 6.01. The van der Waals surface area contributed by atoms with Crippen LogP contribution in [-0.4, -0.2) is 30.9 Å². The van der Waals surface area contributed by atoms with Gasteiger partial charge in [-0.05, 0) is 43.2 Å². The van der Waals surface area contributed by atoms with Crippen molar-refractivity contribution in [2.45, 2.75) is 30.4 Å². The SMILES string of the molecule is CCOCCCNC(=O)C(C)Sc1ccc2ccccc2c1. The number of benzene rings is 2. The Hall–Kier alpha value is -1.52. The summed E-state index contributed by atoms with van der Waals surface area (Å²) >= 11 is 1.59. The second-order valence-electron chi connectivity index (χ2n) is 5.11. The normalized spacial score (nSPS) is 12.3. The molecular weight excluding hydrogens is 294 g/mol. The van der Waals surface area contributed by atoms with Gasteiger partial charge >= 0.3 is 0 Å². The van der Waals surface area contributed by atoms with Crippen LogP contribution in [0.3, 0.4) is 0 Å². The van der Waals surface area contributed by atoms with Gasteiger partial charge in [-0.3, -0.25) is 4.79 Å². The number of amides is 1. The van der Waals surface area contributed by atoms with Crippen LogP contribution in [-0.2, 0) is 9.53 Å². The summed E-state index contributed by atoms with van der Waals surface area (Å²) in [5.41, 5.74) is 0. The van der Waals surface area contributed by atoms with E-state index in [1.54, 1.807) is 11.8 Å². The van der Waals surface area contributed by atoms with Crippen LogP contribution >= 0.6 is 11.8 Å². The van der Waals surface area contributed by atoms with Crippen LogP contribution in [0, 0.1) is 0 Å². The average molecular weight is 317 g/mol. The van der Waals surface area contributed by atoms with E-state index in [-0.39, 0.29) is 11.2 Å². The Morgan fingerprint density at radius 2 is 2.00 bits per heavy atom. The molecule has 0 aliphatic heterocycles. The van der Waals surface area contributed by atoms with E-state index < -0.39 is 0 Å². The summed E-state index contributed by atoms with van der Waals surface area (Å²) in [5, 5.41) is 5.28. The van der Waals surface area contributed by atoms with Crippen LogP contribution in [0.25, 0.3) is 10.8 Å². The van der Waals surface area contributed by atoms with Gasteiger partial charge in [0.1, 0.15) is 0 Å². The second kappa shape index (κ2) is 8.81. The maximum absolute atomic E-state index is 12.1. The molecule has 3 nitrogen and oxygen atoms in total. The molecule has 0 bridgehead atoms. The second-order valence-corrected chi connectivity index (χ2v) is 6.52. The van der Waals surface area contributed by atoms with Crippen molar-refractivity contribution in [3.63, 3.8) is 0 Å². The Morgan fingerprint density at radius 3 is 2.77 bits per heavy atom. The molecule has 0 spiro atoms. The molecule has 0 aromatic heterocycles. The smallest absolute Gasteiger partial charge is 0.233 e. The van der Waals surface area contributed by atoms with Crippen molar-refractivity contribution in [1.82, 2.24) is 5.32 Å². The Bertz CT molecular complexity index is 615. The molecule has 1 atom stereocenters. The minimum Gasteiger partial charge on any atom is -0.382 e. The predicted octanol–water partition coefficient (Wildman–Crippen LogP) is 3.86. The van der Waals surface area contributed by atoms with Crippen LogP contribution < -0.4 is 5.32 Å². The molecule has 2 aromatic carbocycles. The molecule has 118 valence electrons. The van der Waals surface area contributed by atoms with Gasteiger partial charge in [0.15, 0.2) is 0 Å². The maximum Gasteiger partial charge on any atom is 0.233 e. The van der Waals surface area contributed by atoms with E-state index in [9.17, 15) is 4.79 Å². The first-order valence-corrected chi connectivity index (χ1v) is 8.59. The lowest BCUT2D eigenvalue weighted by Gasteiger charge is -2.12. The average Bonchev–Trinajstić information content (AvgIpc) is 2.54. The van der Waals surface area contributed by atoms with Gasteiger partial charge in [-0.2, -0.15) is 0 Å². The van der Waals surface area contributed by atoms with Gasteiger partial charge in [0, 0.05) is 24.7 Å². The van der Waals surface area contributed by atoms with Crippen molar-refractivity contribution in [3.05, 3.63) is 42.5 Å². The first-order chi connectivity index (χ1) is 10.7. The van der Waals surface area contributed by atoms with Gasteiger partial charge < -0.3 is 10.1 Å². The molecule has 0 fully saturated rings. The zero-order chi connectivity index (χ0) is 15.8. The van der Waals surface area contributed by atoms with E-state index in [1.165, 1.54) is 10.8 Å². The third-order valence-corrected chi connectivity index (χ3v) is 4.47. The highest BCUT2D eigenvalue weighted by molar-refractivity contribution is 8.00. The molecule has 1 unspecified atom stereocenters. The predicted molar refractivity (Wildman–Crippen MR) is 93.4 cm³/mol. The minimum absolute atomic E-state index is 0.0784. The van der Waals surface area contributed by atoms with Gasteiger partial charge in [0.25, 0.3) is 0 Å². The molecule has 2 rings (SSSR count). The summed E-state index contributed by atoms with van der Waals surface area (Å²) in [7, 11) is 0. The van der Waals surface area contributed by atoms with Crippen molar-refractivity contribution in [2.75, 3.05) is 19.8 Å². The largest absolute Gasteiger partial charge is 0.382 e. The number of carbonyl (C=O) groups is 1. The zero-order valence-electron chi connectivity index (χ0n) is 13.2. The number of carbonyl (C=O) groups excluding carboxylic acids is 1. The van der Waals surface area contributed by atoms with Crippen LogP contribution in [0.2, 0.25) is 0 Å². The molecule has 4 heteroatoms. The van der Waals surface area contributed by atoms with Crippen LogP contribution in [0.1, 0.15) is 20.3 Å². The molecule has 0 heterocycles. The molecule has 0 aliphatic carbocycles. The molecule has 1 amide bonds. The van der Waals surface area contributed by atoms with Gasteiger partial charge in [-0.1, -0.05) is 30.3 Å². The lowest BCUT2D eigenvalue weighted by Crippen LogP contribution is -2.32. The molecule has 2 aromatic rings. The van der Waals surface area contributed by atoms with Gasteiger partial charge in [-0.25, -0.2) is 0 Å². The summed E-state index contributed by atoms with van der Waals surface area (Å²) in [6.07, 6.45) is 0.854. The number of thioether (sulfide) groups is 1. The highest BCUT2D eigenvalue weighted by Crippen LogP contribution is 2.27. The van der Waals surface area contributed by atoms with E-state index in [4.69, 9.17) is 4.74 Å². The highest BCUT2D eigenvalue weighted by Gasteiger charge is 2.13. The standard InChI is InChI=1S/C18H23NO2S/c1-3-21-12-6-11-19-18(20)14(2)22-17-10-9-15-7-4-5-8-16(15)13-17/h4-5,7-10,13-14H,3,6,11-12H2,1-2H3,(H,19,20). The first-order valence-electron chi connectivity index (χ1n) is 7.71. The molecule has 1 N–H and O–H groups in total. The first kappa shape index (κ1) is 16.8. The van der Waals surface area contributed by atoms with Crippen molar-refractivity contribution in [3.8, 4) is 0 Å². The van der Waals surface area contributed by atoms with Crippen LogP contribution in [0.15, 0.2) is 47.4 Å². The number of ether oxygens (including phenoxy) is 1. The van der Waals surface area contributed by atoms with Gasteiger partial charge in [0.05, 0.1) is 5.25 Å².